The van der Waals surface area contributed by atoms with Crippen LogP contribution in [0.2, 0.25) is 0 Å². The van der Waals surface area contributed by atoms with Gasteiger partial charge in [0, 0.05) is 12.7 Å². The van der Waals surface area contributed by atoms with Crippen molar-refractivity contribution >= 4 is 40.2 Å². The van der Waals surface area contributed by atoms with Crippen LogP contribution in [0, 0.1) is 12.7 Å². The van der Waals surface area contributed by atoms with Crippen molar-refractivity contribution in [2.75, 3.05) is 18.9 Å². The number of likely N-dealkylation sites (N-methyl/N-ethyl adjacent to an activating group) is 1. The first-order valence-electron chi connectivity index (χ1n) is 7.76. The normalized spacial score (nSPS) is 10.6. The highest BCUT2D eigenvalue weighted by Gasteiger charge is 2.21. The summed E-state index contributed by atoms with van der Waals surface area (Å²) in [5.41, 5.74) is 1.13. The Bertz CT molecular complexity index is 921. The molecule has 26 heavy (non-hydrogen) atoms. The van der Waals surface area contributed by atoms with Crippen molar-refractivity contribution in [2.45, 2.75) is 6.92 Å². The lowest BCUT2D eigenvalue weighted by atomic mass is 10.3. The van der Waals surface area contributed by atoms with Crippen LogP contribution < -0.4 is 5.32 Å². The molecule has 2 amide bonds. The highest BCUT2D eigenvalue weighted by Crippen LogP contribution is 2.31. The predicted octanol–water partition coefficient (Wildman–Crippen LogP) is 4.03. The van der Waals surface area contributed by atoms with E-state index in [1.807, 2.05) is 17.5 Å². The molecule has 2 heterocycles. The Kier molecular flexibility index (Phi) is 5.43. The van der Waals surface area contributed by atoms with Crippen molar-refractivity contribution < 1.29 is 14.0 Å². The Morgan fingerprint density at radius 1 is 1.23 bits per heavy atom. The van der Waals surface area contributed by atoms with Gasteiger partial charge in [-0.25, -0.2) is 9.37 Å². The molecule has 5 nitrogen and oxygen atoms in total. The molecule has 0 fully saturated rings. The van der Waals surface area contributed by atoms with Crippen LogP contribution >= 0.6 is 22.7 Å². The van der Waals surface area contributed by atoms with E-state index in [0.717, 1.165) is 9.88 Å². The van der Waals surface area contributed by atoms with E-state index in [9.17, 15) is 14.0 Å². The number of aryl methyl sites for hydroxylation is 1. The van der Waals surface area contributed by atoms with Gasteiger partial charge < -0.3 is 10.2 Å². The molecule has 0 radical (unpaired) electrons. The maximum atomic E-state index is 12.9. The Labute approximate surface area is 158 Å². The van der Waals surface area contributed by atoms with E-state index in [1.165, 1.54) is 40.5 Å². The maximum absolute atomic E-state index is 12.9. The zero-order chi connectivity index (χ0) is 18.7. The number of thiophene rings is 1. The molecule has 134 valence electrons. The van der Waals surface area contributed by atoms with Crippen LogP contribution in [0.15, 0.2) is 41.8 Å². The van der Waals surface area contributed by atoms with Gasteiger partial charge in [0.1, 0.15) is 15.7 Å². The van der Waals surface area contributed by atoms with Gasteiger partial charge in [-0.15, -0.1) is 22.7 Å². The van der Waals surface area contributed by atoms with Crippen molar-refractivity contribution in [1.29, 1.82) is 0 Å². The summed E-state index contributed by atoms with van der Waals surface area (Å²) in [6, 6.07) is 9.35. The molecule has 0 unspecified atom stereocenters. The molecular weight excluding hydrogens is 373 g/mol. The van der Waals surface area contributed by atoms with Crippen molar-refractivity contribution in [3.05, 3.63) is 58.2 Å². The van der Waals surface area contributed by atoms with Gasteiger partial charge in [0.05, 0.1) is 17.1 Å². The molecule has 0 atom stereocenters. The summed E-state index contributed by atoms with van der Waals surface area (Å²) in [4.78, 5) is 32.1. The minimum Gasteiger partial charge on any atom is -0.332 e. The first-order chi connectivity index (χ1) is 12.4. The fourth-order valence-electron chi connectivity index (χ4n) is 2.29. The number of carbonyl (C=O) groups is 2. The third kappa shape index (κ3) is 4.14. The van der Waals surface area contributed by atoms with Crippen molar-refractivity contribution in [2.24, 2.45) is 0 Å². The number of amides is 2. The van der Waals surface area contributed by atoms with Gasteiger partial charge in [0.2, 0.25) is 5.91 Å². The van der Waals surface area contributed by atoms with Crippen LogP contribution in [0.25, 0.3) is 9.88 Å². The summed E-state index contributed by atoms with van der Waals surface area (Å²) in [6.45, 7) is 1.68. The number of hydrogen-bond acceptors (Lipinski definition) is 5. The molecule has 2 aromatic heterocycles. The van der Waals surface area contributed by atoms with E-state index < -0.39 is 0 Å². The number of thiazole rings is 1. The molecule has 1 N–H and O–H groups in total. The first kappa shape index (κ1) is 18.2. The molecule has 0 saturated heterocycles. The quantitative estimate of drug-likeness (QED) is 0.717. The Hall–Kier alpha value is -2.58. The number of hydrogen-bond donors (Lipinski definition) is 1. The fourth-order valence-corrected chi connectivity index (χ4v) is 4.15. The Morgan fingerprint density at radius 2 is 1.96 bits per heavy atom. The van der Waals surface area contributed by atoms with Gasteiger partial charge in [-0.05, 0) is 42.6 Å². The molecule has 0 aliphatic heterocycles. The lowest BCUT2D eigenvalue weighted by Crippen LogP contribution is -2.34. The van der Waals surface area contributed by atoms with Crippen molar-refractivity contribution in [3.63, 3.8) is 0 Å². The summed E-state index contributed by atoms with van der Waals surface area (Å²) >= 11 is 2.88. The third-order valence-electron chi connectivity index (χ3n) is 3.58. The first-order valence-corrected chi connectivity index (χ1v) is 9.46. The van der Waals surface area contributed by atoms with E-state index in [4.69, 9.17) is 0 Å². The number of benzene rings is 1. The number of rotatable bonds is 5. The molecule has 0 aliphatic rings. The van der Waals surface area contributed by atoms with E-state index in [-0.39, 0.29) is 24.2 Å². The lowest BCUT2D eigenvalue weighted by Gasteiger charge is -2.16. The number of nitrogens with one attached hydrogen (secondary N) is 1. The fraction of sp³-hybridized carbons (Fsp3) is 0.167. The summed E-state index contributed by atoms with van der Waals surface area (Å²) in [5.74, 6) is -0.984. The summed E-state index contributed by atoms with van der Waals surface area (Å²) < 4.78 is 12.9. The standard InChI is InChI=1S/C18H16FN3O2S2/c1-11-16(26-17(20-11)14-4-3-9-25-14)18(24)22(2)10-15(23)21-13-7-5-12(19)6-8-13/h3-9H,10H2,1-2H3,(H,21,23). The Balaban J connectivity index is 1.66. The second-order valence-corrected chi connectivity index (χ2v) is 7.57. The average Bonchev–Trinajstić information content (AvgIpc) is 3.25. The maximum Gasteiger partial charge on any atom is 0.266 e. The largest absolute Gasteiger partial charge is 0.332 e. The smallest absolute Gasteiger partial charge is 0.266 e. The SMILES string of the molecule is Cc1nc(-c2cccs2)sc1C(=O)N(C)CC(=O)Nc1ccc(F)cc1. The Morgan fingerprint density at radius 3 is 2.62 bits per heavy atom. The highest BCUT2D eigenvalue weighted by molar-refractivity contribution is 7.22. The van der Waals surface area contributed by atoms with Gasteiger partial charge >= 0.3 is 0 Å². The van der Waals surface area contributed by atoms with E-state index in [1.54, 1.807) is 25.3 Å². The van der Waals surface area contributed by atoms with Crippen LogP contribution in [0.1, 0.15) is 15.4 Å². The molecule has 3 aromatic rings. The lowest BCUT2D eigenvalue weighted by molar-refractivity contribution is -0.116. The number of halogens is 1. The molecule has 8 heteroatoms. The van der Waals surface area contributed by atoms with Crippen LogP contribution in [0.4, 0.5) is 10.1 Å². The number of nitrogens with zero attached hydrogens (tertiary/aromatic N) is 2. The predicted molar refractivity (Wildman–Crippen MR) is 102 cm³/mol. The topological polar surface area (TPSA) is 62.3 Å². The zero-order valence-corrected chi connectivity index (χ0v) is 15.8. The highest BCUT2D eigenvalue weighted by atomic mass is 32.1. The van der Waals surface area contributed by atoms with Gasteiger partial charge in [0.15, 0.2) is 0 Å². The van der Waals surface area contributed by atoms with Crippen LogP contribution in [0.5, 0.6) is 0 Å². The van der Waals surface area contributed by atoms with Gasteiger partial charge in [0.25, 0.3) is 5.91 Å². The molecule has 1 aromatic carbocycles. The second-order valence-electron chi connectivity index (χ2n) is 5.63. The van der Waals surface area contributed by atoms with Crippen LogP contribution in [0.3, 0.4) is 0 Å². The summed E-state index contributed by atoms with van der Waals surface area (Å²) in [5, 5.41) is 5.39. The average molecular weight is 389 g/mol. The summed E-state index contributed by atoms with van der Waals surface area (Å²) in [7, 11) is 1.57. The van der Waals surface area contributed by atoms with E-state index in [2.05, 4.69) is 10.3 Å². The third-order valence-corrected chi connectivity index (χ3v) is 5.76. The van der Waals surface area contributed by atoms with Crippen LogP contribution in [-0.4, -0.2) is 35.3 Å². The minimum atomic E-state index is -0.377. The van der Waals surface area contributed by atoms with Gasteiger partial charge in [-0.2, -0.15) is 0 Å². The molecular formula is C18H16FN3O2S2. The number of anilines is 1. The van der Waals surface area contributed by atoms with E-state index in [0.29, 0.717) is 16.3 Å². The molecule has 3 rings (SSSR count). The monoisotopic (exact) mass is 389 g/mol. The van der Waals surface area contributed by atoms with E-state index >= 15 is 0 Å². The summed E-state index contributed by atoms with van der Waals surface area (Å²) in [6.07, 6.45) is 0. The van der Waals surface area contributed by atoms with Gasteiger partial charge in [-0.3, -0.25) is 9.59 Å². The van der Waals surface area contributed by atoms with Crippen LogP contribution in [-0.2, 0) is 4.79 Å². The number of carbonyl (C=O) groups excluding carboxylic acids is 2. The second kappa shape index (κ2) is 7.76. The minimum absolute atomic E-state index is 0.109. The molecule has 0 aliphatic carbocycles. The molecule has 0 bridgehead atoms. The zero-order valence-electron chi connectivity index (χ0n) is 14.2. The molecule has 0 spiro atoms. The van der Waals surface area contributed by atoms with Crippen molar-refractivity contribution in [3.8, 4) is 9.88 Å². The molecule has 0 saturated carbocycles. The van der Waals surface area contributed by atoms with Gasteiger partial charge in [-0.1, -0.05) is 6.07 Å². The van der Waals surface area contributed by atoms with Crippen molar-refractivity contribution in [1.82, 2.24) is 9.88 Å². The number of aromatic nitrogens is 1.